The van der Waals surface area contributed by atoms with Crippen molar-refractivity contribution in [3.05, 3.63) is 23.0 Å². The minimum absolute atomic E-state index is 0.0752. The molecule has 166 valence electrons. The van der Waals surface area contributed by atoms with Gasteiger partial charge in [0.2, 0.25) is 0 Å². The standard InChI is InChI=1S/C26H38O4/c1-9-16(6)20(27)19-21(28)25(11-10-14(2)3)13-18-24(7,8)17(15(4)5)12-26(18,22(19)29)23(25)30/h10,15-18,28H,9,11-13H2,1-8H3. The zero-order valence-electron chi connectivity index (χ0n) is 19.9. The van der Waals surface area contributed by atoms with Crippen LogP contribution in [0.5, 0.6) is 0 Å². The molecule has 5 atom stereocenters. The number of hydrogen-bond donors (Lipinski definition) is 1. The average Bonchev–Trinajstić information content (AvgIpc) is 3.03. The summed E-state index contributed by atoms with van der Waals surface area (Å²) in [6.45, 7) is 16.3. The van der Waals surface area contributed by atoms with Crippen molar-refractivity contribution in [1.82, 2.24) is 0 Å². The summed E-state index contributed by atoms with van der Waals surface area (Å²) in [6, 6.07) is 0. The first kappa shape index (κ1) is 23.0. The van der Waals surface area contributed by atoms with Gasteiger partial charge in [-0.15, -0.1) is 0 Å². The van der Waals surface area contributed by atoms with Crippen molar-refractivity contribution in [2.45, 2.75) is 81.1 Å². The van der Waals surface area contributed by atoms with Crippen molar-refractivity contribution < 1.29 is 19.5 Å². The van der Waals surface area contributed by atoms with Gasteiger partial charge in [-0.3, -0.25) is 14.4 Å². The number of Topliss-reactive ketones (excluding diaryl/α,β-unsaturated/α-hetero) is 3. The van der Waals surface area contributed by atoms with Crippen LogP contribution in [0.25, 0.3) is 0 Å². The highest BCUT2D eigenvalue weighted by molar-refractivity contribution is 6.32. The number of aliphatic hydroxyl groups excluding tert-OH is 1. The fourth-order valence-electron chi connectivity index (χ4n) is 6.74. The number of fused-ring (bicyclic) bond motifs is 1. The molecule has 5 unspecified atom stereocenters. The summed E-state index contributed by atoms with van der Waals surface area (Å²) in [7, 11) is 0. The van der Waals surface area contributed by atoms with Crippen molar-refractivity contribution >= 4 is 17.3 Å². The van der Waals surface area contributed by atoms with Gasteiger partial charge in [0.1, 0.15) is 11.3 Å². The zero-order valence-corrected chi connectivity index (χ0v) is 19.9. The Labute approximate surface area is 181 Å². The summed E-state index contributed by atoms with van der Waals surface area (Å²) in [5.41, 5.74) is -1.55. The molecular formula is C26H38O4. The van der Waals surface area contributed by atoms with E-state index in [9.17, 15) is 19.5 Å². The Kier molecular flexibility index (Phi) is 5.49. The Balaban J connectivity index is 2.28. The summed E-state index contributed by atoms with van der Waals surface area (Å²) in [5.74, 6) is -1.06. The van der Waals surface area contributed by atoms with Gasteiger partial charge in [-0.1, -0.05) is 53.2 Å². The van der Waals surface area contributed by atoms with Crippen LogP contribution in [0, 0.1) is 39.9 Å². The van der Waals surface area contributed by atoms with Crippen LogP contribution < -0.4 is 0 Å². The third-order valence-electron chi connectivity index (χ3n) is 8.68. The van der Waals surface area contributed by atoms with E-state index in [1.54, 1.807) is 6.92 Å². The third kappa shape index (κ3) is 2.74. The first-order valence-corrected chi connectivity index (χ1v) is 11.5. The molecule has 2 fully saturated rings. The van der Waals surface area contributed by atoms with Gasteiger partial charge in [0.25, 0.3) is 0 Å². The molecule has 0 heterocycles. The molecule has 0 saturated heterocycles. The second kappa shape index (κ2) is 7.17. The summed E-state index contributed by atoms with van der Waals surface area (Å²) in [4.78, 5) is 41.2. The molecule has 0 aromatic carbocycles. The van der Waals surface area contributed by atoms with E-state index >= 15 is 0 Å². The van der Waals surface area contributed by atoms with Crippen LogP contribution in [0.15, 0.2) is 23.0 Å². The maximum Gasteiger partial charge on any atom is 0.183 e. The average molecular weight is 415 g/mol. The molecule has 0 aromatic heterocycles. The van der Waals surface area contributed by atoms with Gasteiger partial charge in [-0.25, -0.2) is 0 Å². The van der Waals surface area contributed by atoms with Crippen molar-refractivity contribution in [2.24, 2.45) is 39.9 Å². The maximum atomic E-state index is 14.1. The SMILES string of the molecule is CCC(C)C(=O)C1=C(O)C2(CC=C(C)C)CC3C(CC(C(C)C)C3(C)C)(C1=O)C2=O. The van der Waals surface area contributed by atoms with Crippen LogP contribution in [0.4, 0.5) is 0 Å². The van der Waals surface area contributed by atoms with Crippen molar-refractivity contribution in [1.29, 1.82) is 0 Å². The molecule has 3 aliphatic carbocycles. The van der Waals surface area contributed by atoms with E-state index in [4.69, 9.17) is 0 Å². The van der Waals surface area contributed by atoms with E-state index in [0.29, 0.717) is 31.6 Å². The van der Waals surface area contributed by atoms with Gasteiger partial charge in [-0.05, 0) is 62.7 Å². The second-order valence-electron chi connectivity index (χ2n) is 11.2. The number of rotatable bonds is 6. The lowest BCUT2D eigenvalue weighted by molar-refractivity contribution is -0.145. The smallest absolute Gasteiger partial charge is 0.183 e. The fourth-order valence-corrected chi connectivity index (χ4v) is 6.74. The van der Waals surface area contributed by atoms with E-state index < -0.39 is 16.6 Å². The van der Waals surface area contributed by atoms with Crippen molar-refractivity contribution in [2.75, 3.05) is 0 Å². The Morgan fingerprint density at radius 3 is 2.27 bits per heavy atom. The van der Waals surface area contributed by atoms with Crippen molar-refractivity contribution in [3.63, 3.8) is 0 Å². The van der Waals surface area contributed by atoms with Gasteiger partial charge in [0.15, 0.2) is 17.3 Å². The highest BCUT2D eigenvalue weighted by Gasteiger charge is 2.77. The van der Waals surface area contributed by atoms with Crippen LogP contribution in [0.3, 0.4) is 0 Å². The minimum Gasteiger partial charge on any atom is -0.510 e. The predicted molar refractivity (Wildman–Crippen MR) is 118 cm³/mol. The molecule has 2 saturated carbocycles. The lowest BCUT2D eigenvalue weighted by Gasteiger charge is -2.38. The molecule has 3 aliphatic rings. The number of aliphatic hydroxyl groups is 1. The molecule has 0 aliphatic heterocycles. The second-order valence-corrected chi connectivity index (χ2v) is 11.2. The highest BCUT2D eigenvalue weighted by Crippen LogP contribution is 2.72. The van der Waals surface area contributed by atoms with Gasteiger partial charge in [0, 0.05) is 5.92 Å². The summed E-state index contributed by atoms with van der Waals surface area (Å²) in [6.07, 6.45) is 3.85. The van der Waals surface area contributed by atoms with E-state index in [-0.39, 0.29) is 46.1 Å². The summed E-state index contributed by atoms with van der Waals surface area (Å²) in [5, 5.41) is 11.4. The first-order chi connectivity index (χ1) is 13.8. The quantitative estimate of drug-likeness (QED) is 0.348. The highest BCUT2D eigenvalue weighted by atomic mass is 16.3. The van der Waals surface area contributed by atoms with Gasteiger partial charge >= 0.3 is 0 Å². The number of carbonyl (C=O) groups is 3. The third-order valence-corrected chi connectivity index (χ3v) is 8.68. The maximum absolute atomic E-state index is 14.1. The van der Waals surface area contributed by atoms with Gasteiger partial charge in [-0.2, -0.15) is 0 Å². The molecule has 3 rings (SSSR count). The lowest BCUT2D eigenvalue weighted by Crippen LogP contribution is -2.50. The number of hydrogen-bond acceptors (Lipinski definition) is 4. The molecule has 1 spiro atoms. The monoisotopic (exact) mass is 414 g/mol. The Hall–Kier alpha value is -1.71. The van der Waals surface area contributed by atoms with E-state index in [1.165, 1.54) is 0 Å². The Morgan fingerprint density at radius 2 is 1.77 bits per heavy atom. The molecule has 0 aromatic rings. The normalized spacial score (nSPS) is 35.6. The van der Waals surface area contributed by atoms with Crippen LogP contribution in [0.2, 0.25) is 0 Å². The molecule has 2 bridgehead atoms. The number of carbonyl (C=O) groups excluding carboxylic acids is 3. The topological polar surface area (TPSA) is 71.4 Å². The number of allylic oxidation sites excluding steroid dienone is 4. The first-order valence-electron chi connectivity index (χ1n) is 11.5. The molecule has 30 heavy (non-hydrogen) atoms. The lowest BCUT2D eigenvalue weighted by atomic mass is 9.62. The largest absolute Gasteiger partial charge is 0.510 e. The summed E-state index contributed by atoms with van der Waals surface area (Å²) < 4.78 is 0. The van der Waals surface area contributed by atoms with Crippen molar-refractivity contribution in [3.8, 4) is 0 Å². The fraction of sp³-hybridized carbons (Fsp3) is 0.731. The Morgan fingerprint density at radius 1 is 1.17 bits per heavy atom. The van der Waals surface area contributed by atoms with E-state index in [1.807, 2.05) is 26.8 Å². The van der Waals surface area contributed by atoms with Crippen LogP contribution in [0.1, 0.15) is 81.1 Å². The molecule has 4 heteroatoms. The Bertz CT molecular complexity index is 854. The molecule has 4 nitrogen and oxygen atoms in total. The van der Waals surface area contributed by atoms with Crippen LogP contribution >= 0.6 is 0 Å². The van der Waals surface area contributed by atoms with Crippen LogP contribution in [-0.4, -0.2) is 22.5 Å². The summed E-state index contributed by atoms with van der Waals surface area (Å²) >= 11 is 0. The van der Waals surface area contributed by atoms with E-state index in [2.05, 4.69) is 27.7 Å². The van der Waals surface area contributed by atoms with Gasteiger partial charge < -0.3 is 5.11 Å². The number of ketones is 3. The van der Waals surface area contributed by atoms with Crippen LogP contribution in [-0.2, 0) is 14.4 Å². The molecule has 0 radical (unpaired) electrons. The van der Waals surface area contributed by atoms with E-state index in [0.717, 1.165) is 5.57 Å². The van der Waals surface area contributed by atoms with Gasteiger partial charge in [0.05, 0.1) is 10.8 Å². The minimum atomic E-state index is -1.17. The molecule has 0 amide bonds. The predicted octanol–water partition coefficient (Wildman–Crippen LogP) is 5.62. The molecule has 1 N–H and O–H groups in total. The molecular weight excluding hydrogens is 376 g/mol. The zero-order chi connectivity index (χ0) is 22.8.